The number of aromatic amines is 1. The number of benzene rings is 1. The van der Waals surface area contributed by atoms with Gasteiger partial charge in [0.1, 0.15) is 11.4 Å². The van der Waals surface area contributed by atoms with Gasteiger partial charge in [-0.3, -0.25) is 14.4 Å². The zero-order valence-electron chi connectivity index (χ0n) is 10.8. The van der Waals surface area contributed by atoms with Crippen LogP contribution in [0.15, 0.2) is 41.2 Å². The van der Waals surface area contributed by atoms with E-state index in [2.05, 4.69) is 10.5 Å². The molecule has 0 bridgehead atoms. The van der Waals surface area contributed by atoms with Crippen LogP contribution in [-0.2, 0) is 4.84 Å². The van der Waals surface area contributed by atoms with Crippen LogP contribution in [0.1, 0.15) is 17.3 Å². The quantitative estimate of drug-likeness (QED) is 0.837. The predicted octanol–water partition coefficient (Wildman–Crippen LogP) is 1.86. The van der Waals surface area contributed by atoms with E-state index in [9.17, 15) is 14.0 Å². The van der Waals surface area contributed by atoms with E-state index in [1.54, 1.807) is 25.1 Å². The topological polar surface area (TPSA) is 71.2 Å². The second kappa shape index (κ2) is 6.12. The van der Waals surface area contributed by atoms with Gasteiger partial charge in [-0.1, -0.05) is 0 Å². The van der Waals surface area contributed by atoms with Gasteiger partial charge in [-0.15, -0.1) is 0 Å². The van der Waals surface area contributed by atoms with Crippen molar-refractivity contribution in [2.45, 2.75) is 6.92 Å². The molecule has 0 spiro atoms. The summed E-state index contributed by atoms with van der Waals surface area (Å²) in [5, 5.41) is 0. The molecule has 0 saturated carbocycles. The second-order valence-electron chi connectivity index (χ2n) is 3.99. The Bertz CT molecular complexity index is 665. The standard InChI is InChI=1S/C14H13FN2O3/c1-2-20-17-14(19)11-7-8-12(16-13(11)18)9-3-5-10(15)6-4-9/h3-8H,2H2,1H3,(H,16,18)(H,17,19). The van der Waals surface area contributed by atoms with E-state index in [-0.39, 0.29) is 11.4 Å². The third-order valence-electron chi connectivity index (χ3n) is 2.62. The van der Waals surface area contributed by atoms with Crippen LogP contribution in [0.4, 0.5) is 4.39 Å². The van der Waals surface area contributed by atoms with E-state index < -0.39 is 11.5 Å². The highest BCUT2D eigenvalue weighted by molar-refractivity contribution is 5.93. The lowest BCUT2D eigenvalue weighted by Crippen LogP contribution is -2.29. The van der Waals surface area contributed by atoms with Crippen LogP contribution >= 0.6 is 0 Å². The zero-order chi connectivity index (χ0) is 14.5. The van der Waals surface area contributed by atoms with Crippen molar-refractivity contribution in [1.82, 2.24) is 10.5 Å². The molecule has 0 unspecified atom stereocenters. The number of halogens is 1. The van der Waals surface area contributed by atoms with Gasteiger partial charge >= 0.3 is 0 Å². The van der Waals surface area contributed by atoms with Gasteiger partial charge < -0.3 is 4.98 Å². The fourth-order valence-electron chi connectivity index (χ4n) is 1.64. The van der Waals surface area contributed by atoms with Crippen molar-refractivity contribution in [1.29, 1.82) is 0 Å². The van der Waals surface area contributed by atoms with Crippen LogP contribution in [0.25, 0.3) is 11.3 Å². The molecule has 2 rings (SSSR count). The average Bonchev–Trinajstić information content (AvgIpc) is 2.45. The van der Waals surface area contributed by atoms with Crippen molar-refractivity contribution in [2.24, 2.45) is 0 Å². The molecule has 2 aromatic rings. The molecule has 1 amide bonds. The van der Waals surface area contributed by atoms with Crippen LogP contribution in [0.2, 0.25) is 0 Å². The average molecular weight is 276 g/mol. The Labute approximate surface area is 114 Å². The lowest BCUT2D eigenvalue weighted by atomic mass is 10.1. The maximum Gasteiger partial charge on any atom is 0.280 e. The third-order valence-corrected chi connectivity index (χ3v) is 2.62. The van der Waals surface area contributed by atoms with E-state index in [0.717, 1.165) is 0 Å². The number of pyridine rings is 1. The Morgan fingerprint density at radius 1 is 1.25 bits per heavy atom. The summed E-state index contributed by atoms with van der Waals surface area (Å²) < 4.78 is 12.8. The lowest BCUT2D eigenvalue weighted by molar-refractivity contribution is 0.0363. The molecular weight excluding hydrogens is 263 g/mol. The molecule has 1 aromatic heterocycles. The number of aromatic nitrogens is 1. The summed E-state index contributed by atoms with van der Waals surface area (Å²) in [5.74, 6) is -0.970. The molecule has 5 nitrogen and oxygen atoms in total. The molecule has 0 aliphatic rings. The van der Waals surface area contributed by atoms with Crippen LogP contribution in [-0.4, -0.2) is 17.5 Å². The third kappa shape index (κ3) is 3.10. The number of amides is 1. The monoisotopic (exact) mass is 276 g/mol. The number of rotatable bonds is 4. The van der Waals surface area contributed by atoms with Gasteiger partial charge in [0.25, 0.3) is 11.5 Å². The summed E-state index contributed by atoms with van der Waals surface area (Å²) in [6, 6.07) is 8.65. The summed E-state index contributed by atoms with van der Waals surface area (Å²) in [6.07, 6.45) is 0. The Hall–Kier alpha value is -2.47. The number of nitrogens with one attached hydrogen (secondary N) is 2. The largest absolute Gasteiger partial charge is 0.321 e. The maximum absolute atomic E-state index is 12.8. The minimum atomic E-state index is -0.612. The maximum atomic E-state index is 12.8. The van der Waals surface area contributed by atoms with Crippen molar-refractivity contribution in [3.05, 3.63) is 58.1 Å². The van der Waals surface area contributed by atoms with Gasteiger partial charge in [0.05, 0.1) is 6.61 Å². The highest BCUT2D eigenvalue weighted by Gasteiger charge is 2.11. The summed E-state index contributed by atoms with van der Waals surface area (Å²) in [5.41, 5.74) is 2.71. The lowest BCUT2D eigenvalue weighted by Gasteiger charge is -2.05. The first-order valence-electron chi connectivity index (χ1n) is 6.03. The van der Waals surface area contributed by atoms with Gasteiger partial charge in [0.2, 0.25) is 0 Å². The first-order chi connectivity index (χ1) is 9.61. The first kappa shape index (κ1) is 14.0. The Balaban J connectivity index is 2.28. The van der Waals surface area contributed by atoms with Crippen molar-refractivity contribution in [2.75, 3.05) is 6.61 Å². The van der Waals surface area contributed by atoms with Crippen molar-refractivity contribution >= 4 is 5.91 Å². The van der Waals surface area contributed by atoms with Gasteiger partial charge in [0, 0.05) is 5.69 Å². The summed E-state index contributed by atoms with van der Waals surface area (Å²) in [7, 11) is 0. The summed E-state index contributed by atoms with van der Waals surface area (Å²) in [4.78, 5) is 30.8. The van der Waals surface area contributed by atoms with Crippen LogP contribution in [0.3, 0.4) is 0 Å². The number of H-pyrrole nitrogens is 1. The Morgan fingerprint density at radius 3 is 2.55 bits per heavy atom. The molecule has 0 aliphatic heterocycles. The summed E-state index contributed by atoms with van der Waals surface area (Å²) in [6.45, 7) is 2.01. The smallest absolute Gasteiger partial charge is 0.280 e. The minimum Gasteiger partial charge on any atom is -0.321 e. The molecule has 0 radical (unpaired) electrons. The van der Waals surface area contributed by atoms with Crippen LogP contribution in [0.5, 0.6) is 0 Å². The number of hydroxylamine groups is 1. The highest BCUT2D eigenvalue weighted by atomic mass is 19.1. The predicted molar refractivity (Wildman–Crippen MR) is 71.5 cm³/mol. The van der Waals surface area contributed by atoms with E-state index >= 15 is 0 Å². The second-order valence-corrected chi connectivity index (χ2v) is 3.99. The SMILES string of the molecule is CCONC(=O)c1ccc(-c2ccc(F)cc2)[nH]c1=O. The molecule has 0 atom stereocenters. The molecule has 0 saturated heterocycles. The van der Waals surface area contributed by atoms with Crippen LogP contribution < -0.4 is 11.0 Å². The molecule has 104 valence electrons. The van der Waals surface area contributed by atoms with Gasteiger partial charge in [0.15, 0.2) is 0 Å². The van der Waals surface area contributed by atoms with Crippen molar-refractivity contribution < 1.29 is 14.0 Å². The number of carbonyl (C=O) groups is 1. The van der Waals surface area contributed by atoms with E-state index in [1.165, 1.54) is 18.2 Å². The normalized spacial score (nSPS) is 10.3. The molecule has 2 N–H and O–H groups in total. The molecule has 0 fully saturated rings. The summed E-state index contributed by atoms with van der Waals surface area (Å²) >= 11 is 0. The fraction of sp³-hybridized carbons (Fsp3) is 0.143. The molecule has 0 aliphatic carbocycles. The molecular formula is C14H13FN2O3. The Kier molecular flexibility index (Phi) is 4.27. The fourth-order valence-corrected chi connectivity index (χ4v) is 1.64. The van der Waals surface area contributed by atoms with E-state index in [1.807, 2.05) is 0 Å². The molecule has 1 heterocycles. The highest BCUT2D eigenvalue weighted by Crippen LogP contribution is 2.15. The molecule has 6 heteroatoms. The Morgan fingerprint density at radius 2 is 1.95 bits per heavy atom. The van der Waals surface area contributed by atoms with E-state index in [4.69, 9.17) is 4.84 Å². The van der Waals surface area contributed by atoms with Crippen molar-refractivity contribution in [3.63, 3.8) is 0 Å². The minimum absolute atomic E-state index is 0.0516. The van der Waals surface area contributed by atoms with Gasteiger partial charge in [-0.25, -0.2) is 9.87 Å². The van der Waals surface area contributed by atoms with Gasteiger partial charge in [-0.2, -0.15) is 0 Å². The number of hydrogen-bond donors (Lipinski definition) is 2. The van der Waals surface area contributed by atoms with Crippen LogP contribution in [0, 0.1) is 5.82 Å². The zero-order valence-corrected chi connectivity index (χ0v) is 10.8. The first-order valence-corrected chi connectivity index (χ1v) is 6.03. The molecule has 20 heavy (non-hydrogen) atoms. The number of hydrogen-bond acceptors (Lipinski definition) is 3. The van der Waals surface area contributed by atoms with Crippen molar-refractivity contribution in [3.8, 4) is 11.3 Å². The van der Waals surface area contributed by atoms with Gasteiger partial charge in [-0.05, 0) is 48.9 Å². The number of carbonyl (C=O) groups excluding carboxylic acids is 1. The molecule has 1 aromatic carbocycles. The van der Waals surface area contributed by atoms with E-state index in [0.29, 0.717) is 17.9 Å².